The molecule has 3 aromatic rings. The van der Waals surface area contributed by atoms with E-state index in [4.69, 9.17) is 15.0 Å². The fraction of sp³-hybridized carbons (Fsp3) is 0.391. The van der Waals surface area contributed by atoms with Crippen molar-refractivity contribution in [3.05, 3.63) is 65.5 Å². The van der Waals surface area contributed by atoms with Gasteiger partial charge in [0.25, 0.3) is 10.1 Å². The van der Waals surface area contributed by atoms with Crippen molar-refractivity contribution in [3.8, 4) is 5.75 Å². The molecule has 0 radical (unpaired) electrons. The lowest BCUT2D eigenvalue weighted by molar-refractivity contribution is -0.147. The summed E-state index contributed by atoms with van der Waals surface area (Å²) in [6, 6.07) is 13.1. The topological polar surface area (TPSA) is 154 Å². The lowest BCUT2D eigenvalue weighted by Gasteiger charge is -2.42. The summed E-state index contributed by atoms with van der Waals surface area (Å²) in [5.74, 6) is 1.46. The third kappa shape index (κ3) is 5.09. The lowest BCUT2D eigenvalue weighted by atomic mass is 9.95. The van der Waals surface area contributed by atoms with E-state index >= 15 is 0 Å². The number of methoxy groups -OCH3 is 1. The zero-order valence-corrected chi connectivity index (χ0v) is 21.9. The molecule has 1 aromatic heterocycles. The highest BCUT2D eigenvalue weighted by Crippen LogP contribution is 2.56. The van der Waals surface area contributed by atoms with Crippen LogP contribution in [0, 0.1) is 6.92 Å². The Hall–Kier alpha value is -3.00. The number of aromatic nitrogens is 4. The maximum Gasteiger partial charge on any atom is 0.294 e. The van der Waals surface area contributed by atoms with E-state index in [1.807, 2.05) is 36.1 Å². The van der Waals surface area contributed by atoms with Gasteiger partial charge in [0.2, 0.25) is 5.91 Å². The number of nitrogens with zero attached hydrogens (tertiary/aromatic N) is 5. The molecule has 36 heavy (non-hydrogen) atoms. The van der Waals surface area contributed by atoms with Crippen LogP contribution in [-0.4, -0.2) is 67.3 Å². The van der Waals surface area contributed by atoms with Crippen molar-refractivity contribution in [1.82, 2.24) is 25.1 Å². The predicted molar refractivity (Wildman–Crippen MR) is 134 cm³/mol. The number of benzene rings is 2. The van der Waals surface area contributed by atoms with Gasteiger partial charge in [0.05, 0.1) is 18.6 Å². The second kappa shape index (κ2) is 9.81. The van der Waals surface area contributed by atoms with E-state index in [2.05, 4.69) is 29.4 Å². The SMILES string of the molecule is COc1ccc(Cn2nnnc2C2N3C(=O)C(N)[C@@H]3SC2(C)C)cc1.Cc1ccc(S(=O)(=O)O)cc1. The Labute approximate surface area is 213 Å². The lowest BCUT2D eigenvalue weighted by Crippen LogP contribution is -2.65. The summed E-state index contributed by atoms with van der Waals surface area (Å²) < 4.78 is 36.3. The second-order valence-electron chi connectivity index (χ2n) is 9.12. The van der Waals surface area contributed by atoms with Crippen LogP contribution >= 0.6 is 11.8 Å². The number of β-lactam (4-membered cyclic amide) rings is 1. The molecule has 3 atom stereocenters. The number of hydrogen-bond donors (Lipinski definition) is 2. The number of hydrogen-bond acceptors (Lipinski definition) is 9. The van der Waals surface area contributed by atoms with Crippen LogP contribution in [0.5, 0.6) is 5.75 Å². The molecule has 1 amide bonds. The normalized spacial score (nSPS) is 22.3. The van der Waals surface area contributed by atoms with Gasteiger partial charge in [0.15, 0.2) is 5.82 Å². The van der Waals surface area contributed by atoms with Gasteiger partial charge in [-0.05, 0) is 61.0 Å². The molecule has 5 rings (SSSR count). The van der Waals surface area contributed by atoms with Crippen molar-refractivity contribution in [2.75, 3.05) is 7.11 Å². The van der Waals surface area contributed by atoms with Gasteiger partial charge in [-0.2, -0.15) is 8.42 Å². The van der Waals surface area contributed by atoms with Crippen LogP contribution in [0.3, 0.4) is 0 Å². The Morgan fingerprint density at radius 2 is 1.78 bits per heavy atom. The molecule has 13 heteroatoms. The molecule has 0 spiro atoms. The Morgan fingerprint density at radius 3 is 2.36 bits per heavy atom. The van der Waals surface area contributed by atoms with Crippen molar-refractivity contribution in [2.45, 2.75) is 54.4 Å². The van der Waals surface area contributed by atoms with E-state index in [1.54, 1.807) is 35.7 Å². The first-order valence-electron chi connectivity index (χ1n) is 11.1. The van der Waals surface area contributed by atoms with Crippen LogP contribution in [0.2, 0.25) is 0 Å². The highest BCUT2D eigenvalue weighted by Gasteiger charge is 2.62. The van der Waals surface area contributed by atoms with Gasteiger partial charge in [-0.3, -0.25) is 9.35 Å². The Morgan fingerprint density at radius 1 is 1.14 bits per heavy atom. The zero-order valence-electron chi connectivity index (χ0n) is 20.3. The molecule has 2 fully saturated rings. The van der Waals surface area contributed by atoms with E-state index in [0.717, 1.165) is 16.9 Å². The minimum absolute atomic E-state index is 0.00126. The molecule has 0 bridgehead atoms. The number of nitrogens with two attached hydrogens (primary N) is 1. The van der Waals surface area contributed by atoms with E-state index in [-0.39, 0.29) is 27.0 Å². The van der Waals surface area contributed by atoms with Gasteiger partial charge in [-0.15, -0.1) is 16.9 Å². The molecular weight excluding hydrogens is 504 g/mol. The van der Waals surface area contributed by atoms with Crippen LogP contribution in [0.4, 0.5) is 0 Å². The standard InChI is InChI=1S/C16H20N6O2S.C7H8O3S/c1-16(2)12(22-14(23)11(17)15(22)25-16)13-18-19-20-21(13)8-9-4-6-10(24-3)7-5-9;1-6-2-4-7(5-3-6)11(8,9)10/h4-7,11-12,15H,8,17H2,1-3H3;2-5H,1H3,(H,8,9,10)/t11?,12?,15-;/m0./s1. The third-order valence-electron chi connectivity index (χ3n) is 6.10. The van der Waals surface area contributed by atoms with Crippen LogP contribution in [-0.2, 0) is 21.5 Å². The number of tetrazole rings is 1. The molecule has 2 saturated heterocycles. The average molecular weight is 533 g/mol. The summed E-state index contributed by atoms with van der Waals surface area (Å²) in [7, 11) is -2.38. The Bertz CT molecular complexity index is 1340. The first-order chi connectivity index (χ1) is 16.9. The fourth-order valence-corrected chi connectivity index (χ4v) is 6.25. The van der Waals surface area contributed by atoms with Gasteiger partial charge < -0.3 is 15.4 Å². The second-order valence-corrected chi connectivity index (χ2v) is 12.3. The van der Waals surface area contributed by atoms with Gasteiger partial charge >= 0.3 is 0 Å². The summed E-state index contributed by atoms with van der Waals surface area (Å²) in [6.45, 7) is 6.58. The number of rotatable bonds is 5. The molecule has 0 saturated carbocycles. The highest BCUT2D eigenvalue weighted by atomic mass is 32.2. The molecule has 3 heterocycles. The number of carbonyl (C=O) groups excluding carboxylic acids is 1. The Balaban J connectivity index is 0.000000233. The van der Waals surface area contributed by atoms with E-state index in [9.17, 15) is 13.2 Å². The number of amides is 1. The van der Waals surface area contributed by atoms with Crippen LogP contribution in [0.25, 0.3) is 0 Å². The monoisotopic (exact) mass is 532 g/mol. The van der Waals surface area contributed by atoms with Crippen LogP contribution in [0.1, 0.15) is 36.8 Å². The summed E-state index contributed by atoms with van der Waals surface area (Å²) in [6.07, 6.45) is 0. The third-order valence-corrected chi connectivity index (χ3v) is 8.56. The van der Waals surface area contributed by atoms with Gasteiger partial charge in [0, 0.05) is 4.75 Å². The maximum atomic E-state index is 12.3. The maximum absolute atomic E-state index is 12.3. The highest BCUT2D eigenvalue weighted by molar-refractivity contribution is 8.01. The fourth-order valence-electron chi connectivity index (χ4n) is 4.19. The molecule has 11 nitrogen and oxygen atoms in total. The van der Waals surface area contributed by atoms with Gasteiger partial charge in [0.1, 0.15) is 23.2 Å². The van der Waals surface area contributed by atoms with E-state index < -0.39 is 16.2 Å². The summed E-state index contributed by atoms with van der Waals surface area (Å²) in [5.41, 5.74) is 7.96. The minimum Gasteiger partial charge on any atom is -0.497 e. The molecule has 0 aliphatic carbocycles. The molecule has 2 unspecified atom stereocenters. The molecule has 192 valence electrons. The molecular formula is C23H28N6O5S2. The Kier molecular flexibility index (Phi) is 7.10. The van der Waals surface area contributed by atoms with Crippen LogP contribution < -0.4 is 10.5 Å². The number of fused-ring (bicyclic) bond motifs is 1. The van der Waals surface area contributed by atoms with Gasteiger partial charge in [-0.25, -0.2) is 4.68 Å². The molecule has 3 N–H and O–H groups in total. The average Bonchev–Trinajstić information content (AvgIpc) is 3.38. The quantitative estimate of drug-likeness (QED) is 0.368. The molecule has 2 aromatic carbocycles. The molecule has 2 aliphatic heterocycles. The zero-order chi connectivity index (χ0) is 26.3. The van der Waals surface area contributed by atoms with Crippen molar-refractivity contribution in [3.63, 3.8) is 0 Å². The number of carbonyl (C=O) groups is 1. The minimum atomic E-state index is -4.02. The van der Waals surface area contributed by atoms with Crippen molar-refractivity contribution >= 4 is 27.8 Å². The van der Waals surface area contributed by atoms with Crippen molar-refractivity contribution in [1.29, 1.82) is 0 Å². The summed E-state index contributed by atoms with van der Waals surface area (Å²) >= 11 is 1.71. The number of aryl methyl sites for hydroxylation is 1. The largest absolute Gasteiger partial charge is 0.497 e. The summed E-state index contributed by atoms with van der Waals surface area (Å²) in [4.78, 5) is 14.0. The first kappa shape index (κ1) is 26.1. The smallest absolute Gasteiger partial charge is 0.294 e. The predicted octanol–water partition coefficient (Wildman–Crippen LogP) is 2.03. The number of thioether (sulfide) groups is 1. The number of ether oxygens (including phenoxy) is 1. The van der Waals surface area contributed by atoms with Gasteiger partial charge in [-0.1, -0.05) is 29.8 Å². The van der Waals surface area contributed by atoms with Crippen molar-refractivity contribution < 1.29 is 22.5 Å². The van der Waals surface area contributed by atoms with E-state index in [0.29, 0.717) is 12.4 Å². The van der Waals surface area contributed by atoms with Crippen LogP contribution in [0.15, 0.2) is 53.4 Å². The van der Waals surface area contributed by atoms with E-state index in [1.165, 1.54) is 12.1 Å². The first-order valence-corrected chi connectivity index (χ1v) is 13.4. The van der Waals surface area contributed by atoms with Crippen molar-refractivity contribution in [2.24, 2.45) is 5.73 Å². The molecule has 2 aliphatic rings. The summed E-state index contributed by atoms with van der Waals surface area (Å²) in [5, 5.41) is 12.2.